The Labute approximate surface area is 213 Å². The van der Waals surface area contributed by atoms with Crippen molar-refractivity contribution in [2.24, 2.45) is 5.92 Å². The predicted molar refractivity (Wildman–Crippen MR) is 145 cm³/mol. The van der Waals surface area contributed by atoms with E-state index in [9.17, 15) is 4.79 Å². The number of hydrogen-bond donors (Lipinski definition) is 0. The Morgan fingerprint density at radius 1 is 0.917 bits per heavy atom. The molecule has 1 aliphatic heterocycles. The van der Waals surface area contributed by atoms with Crippen LogP contribution in [0.25, 0.3) is 22.2 Å². The van der Waals surface area contributed by atoms with Gasteiger partial charge in [0, 0.05) is 57.5 Å². The van der Waals surface area contributed by atoms with E-state index in [0.29, 0.717) is 12.2 Å². The smallest absolute Gasteiger partial charge is 0.147 e. The minimum absolute atomic E-state index is 0.113. The van der Waals surface area contributed by atoms with Crippen LogP contribution in [0.3, 0.4) is 0 Å². The zero-order valence-electron chi connectivity index (χ0n) is 21.1. The van der Waals surface area contributed by atoms with Crippen LogP contribution in [0.1, 0.15) is 31.4 Å². The number of nitrogens with zero attached hydrogens (tertiary/aromatic N) is 5. The summed E-state index contributed by atoms with van der Waals surface area (Å²) in [5.74, 6) is 1.35. The van der Waals surface area contributed by atoms with Crippen LogP contribution in [0.5, 0.6) is 0 Å². The zero-order chi connectivity index (χ0) is 24.9. The lowest BCUT2D eigenvalue weighted by molar-refractivity contribution is -0.121. The summed E-state index contributed by atoms with van der Waals surface area (Å²) in [6.07, 6.45) is 7.04. The van der Waals surface area contributed by atoms with Gasteiger partial charge >= 0.3 is 0 Å². The lowest BCUT2D eigenvalue weighted by atomic mass is 9.96. The normalized spacial score (nSPS) is 15.2. The molecular weight excluding hydrogens is 446 g/mol. The molecule has 0 radical (unpaired) electrons. The number of rotatable bonds is 8. The third-order valence-electron chi connectivity index (χ3n) is 7.18. The maximum atomic E-state index is 12.3. The molecule has 1 aliphatic rings. The van der Waals surface area contributed by atoms with Gasteiger partial charge in [0.25, 0.3) is 0 Å². The highest BCUT2D eigenvalue weighted by atomic mass is 16.1. The van der Waals surface area contributed by atoms with Crippen LogP contribution in [0.15, 0.2) is 73.2 Å². The molecular formula is C30H33N5O. The van der Waals surface area contributed by atoms with E-state index in [-0.39, 0.29) is 5.92 Å². The predicted octanol–water partition coefficient (Wildman–Crippen LogP) is 5.17. The van der Waals surface area contributed by atoms with Crippen molar-refractivity contribution in [3.63, 3.8) is 0 Å². The first-order valence-electron chi connectivity index (χ1n) is 12.8. The van der Waals surface area contributed by atoms with Gasteiger partial charge < -0.3 is 4.90 Å². The van der Waals surface area contributed by atoms with Crippen molar-refractivity contribution < 1.29 is 4.79 Å². The summed E-state index contributed by atoms with van der Waals surface area (Å²) < 4.78 is 0. The first-order chi connectivity index (χ1) is 17.6. The van der Waals surface area contributed by atoms with E-state index in [4.69, 9.17) is 4.98 Å². The third-order valence-corrected chi connectivity index (χ3v) is 7.18. The summed E-state index contributed by atoms with van der Waals surface area (Å²) in [4.78, 5) is 30.9. The van der Waals surface area contributed by atoms with Crippen molar-refractivity contribution >= 4 is 22.6 Å². The average molecular weight is 480 g/mol. The summed E-state index contributed by atoms with van der Waals surface area (Å²) in [6, 6.07) is 18.7. The number of anilines is 1. The highest BCUT2D eigenvalue weighted by molar-refractivity contribution is 5.84. The molecule has 6 heteroatoms. The van der Waals surface area contributed by atoms with Gasteiger partial charge in [0.1, 0.15) is 11.6 Å². The lowest BCUT2D eigenvalue weighted by Gasteiger charge is -2.35. The van der Waals surface area contributed by atoms with Crippen molar-refractivity contribution in [3.05, 3.63) is 84.3 Å². The van der Waals surface area contributed by atoms with Crippen LogP contribution in [-0.4, -0.2) is 51.8 Å². The Balaban J connectivity index is 1.26. The number of ketones is 1. The first-order valence-corrected chi connectivity index (χ1v) is 12.8. The van der Waals surface area contributed by atoms with Crippen LogP contribution in [-0.2, 0) is 17.8 Å². The quantitative estimate of drug-likeness (QED) is 0.347. The molecule has 184 valence electrons. The van der Waals surface area contributed by atoms with Gasteiger partial charge in [-0.1, -0.05) is 50.2 Å². The fourth-order valence-corrected chi connectivity index (χ4v) is 4.64. The fourth-order valence-electron chi connectivity index (χ4n) is 4.64. The highest BCUT2D eigenvalue weighted by Crippen LogP contribution is 2.25. The summed E-state index contributed by atoms with van der Waals surface area (Å²) >= 11 is 0. The van der Waals surface area contributed by atoms with E-state index < -0.39 is 0 Å². The molecule has 3 heterocycles. The standard InChI is InChI=1S/C30H33N5O/c1-3-22(2)29(36)17-23-6-8-25(9-7-23)26-10-11-27-28(18-26)33-30(20-32-27)35-15-13-34(14-16-35)21-24-5-4-12-31-19-24/h4-12,18-20,22H,3,13-17,21H2,1-2H3. The molecule has 5 rings (SSSR count). The second-order valence-electron chi connectivity index (χ2n) is 9.71. The van der Waals surface area contributed by atoms with Crippen molar-refractivity contribution in [1.82, 2.24) is 19.9 Å². The Morgan fingerprint density at radius 2 is 1.69 bits per heavy atom. The molecule has 0 saturated carbocycles. The Morgan fingerprint density at radius 3 is 2.42 bits per heavy atom. The fraction of sp³-hybridized carbons (Fsp3) is 0.333. The van der Waals surface area contributed by atoms with Gasteiger partial charge in [-0.3, -0.25) is 19.7 Å². The largest absolute Gasteiger partial charge is 0.353 e. The van der Waals surface area contributed by atoms with Crippen LogP contribution >= 0.6 is 0 Å². The van der Waals surface area contributed by atoms with Gasteiger partial charge in [-0.2, -0.15) is 0 Å². The van der Waals surface area contributed by atoms with Gasteiger partial charge in [-0.05, 0) is 46.9 Å². The maximum absolute atomic E-state index is 12.3. The molecule has 1 fully saturated rings. The van der Waals surface area contributed by atoms with E-state index in [2.05, 4.69) is 69.2 Å². The Hall–Kier alpha value is -3.64. The van der Waals surface area contributed by atoms with Crippen LogP contribution in [0.2, 0.25) is 0 Å². The van der Waals surface area contributed by atoms with Crippen LogP contribution in [0, 0.1) is 5.92 Å². The first kappa shape index (κ1) is 24.1. The molecule has 0 aliphatic carbocycles. The monoisotopic (exact) mass is 479 g/mol. The van der Waals surface area contributed by atoms with E-state index in [1.165, 1.54) is 5.56 Å². The van der Waals surface area contributed by atoms with Crippen molar-refractivity contribution in [2.45, 2.75) is 33.2 Å². The number of carbonyl (C=O) groups excluding carboxylic acids is 1. The number of Topliss-reactive ketones (excluding diaryl/α,β-unsaturated/α-hetero) is 1. The van der Waals surface area contributed by atoms with E-state index >= 15 is 0 Å². The minimum atomic E-state index is 0.113. The van der Waals surface area contributed by atoms with Gasteiger partial charge in [0.05, 0.1) is 17.2 Å². The van der Waals surface area contributed by atoms with Gasteiger partial charge in [0.2, 0.25) is 0 Å². The Bertz CT molecular complexity index is 1310. The van der Waals surface area contributed by atoms with Gasteiger partial charge in [0.15, 0.2) is 0 Å². The van der Waals surface area contributed by atoms with Gasteiger partial charge in [-0.15, -0.1) is 0 Å². The molecule has 2 aromatic heterocycles. The van der Waals surface area contributed by atoms with Crippen LogP contribution in [0.4, 0.5) is 5.82 Å². The average Bonchev–Trinajstić information content (AvgIpc) is 2.93. The second-order valence-corrected chi connectivity index (χ2v) is 9.71. The molecule has 0 bridgehead atoms. The molecule has 4 aromatic rings. The number of benzene rings is 2. The summed E-state index contributed by atoms with van der Waals surface area (Å²) in [5.41, 5.74) is 6.34. The number of piperazine rings is 1. The van der Waals surface area contributed by atoms with E-state index in [0.717, 1.165) is 72.7 Å². The minimum Gasteiger partial charge on any atom is -0.353 e. The molecule has 6 nitrogen and oxygen atoms in total. The summed E-state index contributed by atoms with van der Waals surface area (Å²) in [7, 11) is 0. The molecule has 1 unspecified atom stereocenters. The van der Waals surface area contributed by atoms with Crippen LogP contribution < -0.4 is 4.90 Å². The summed E-state index contributed by atoms with van der Waals surface area (Å²) in [6.45, 7) is 8.82. The molecule has 36 heavy (non-hydrogen) atoms. The van der Waals surface area contributed by atoms with E-state index in [1.807, 2.05) is 37.6 Å². The molecule has 2 aromatic carbocycles. The van der Waals surface area contributed by atoms with Crippen molar-refractivity contribution in [3.8, 4) is 11.1 Å². The molecule has 0 spiro atoms. The highest BCUT2D eigenvalue weighted by Gasteiger charge is 2.19. The molecule has 1 atom stereocenters. The molecule has 0 N–H and O–H groups in total. The zero-order valence-corrected chi connectivity index (χ0v) is 21.1. The third kappa shape index (κ3) is 5.60. The molecule has 1 saturated heterocycles. The molecule has 0 amide bonds. The number of fused-ring (bicyclic) bond motifs is 1. The Kier molecular flexibility index (Phi) is 7.33. The number of hydrogen-bond acceptors (Lipinski definition) is 6. The number of pyridine rings is 1. The van der Waals surface area contributed by atoms with Crippen molar-refractivity contribution in [1.29, 1.82) is 0 Å². The number of aromatic nitrogens is 3. The van der Waals surface area contributed by atoms with Gasteiger partial charge in [-0.25, -0.2) is 4.98 Å². The van der Waals surface area contributed by atoms with Crippen molar-refractivity contribution in [2.75, 3.05) is 31.1 Å². The lowest BCUT2D eigenvalue weighted by Crippen LogP contribution is -2.46. The van der Waals surface area contributed by atoms with E-state index in [1.54, 1.807) is 0 Å². The SMILES string of the molecule is CCC(C)C(=O)Cc1ccc(-c2ccc3ncc(N4CCN(Cc5cccnc5)CC4)nc3c2)cc1. The summed E-state index contributed by atoms with van der Waals surface area (Å²) in [5, 5.41) is 0. The second kappa shape index (κ2) is 11.0. The topological polar surface area (TPSA) is 62.2 Å². The number of carbonyl (C=O) groups is 1. The maximum Gasteiger partial charge on any atom is 0.147 e.